The predicted molar refractivity (Wildman–Crippen MR) is 190 cm³/mol. The lowest BCUT2D eigenvalue weighted by molar-refractivity contribution is -0.142. The van der Waals surface area contributed by atoms with Crippen molar-refractivity contribution < 1.29 is 38.6 Å². The molecule has 2 aliphatic carbocycles. The van der Waals surface area contributed by atoms with Gasteiger partial charge >= 0.3 is 5.97 Å². The van der Waals surface area contributed by atoms with Gasteiger partial charge in [0, 0.05) is 47.3 Å². The van der Waals surface area contributed by atoms with Crippen LogP contribution in [0.3, 0.4) is 0 Å². The van der Waals surface area contributed by atoms with Gasteiger partial charge in [-0.25, -0.2) is 9.29 Å². The van der Waals surface area contributed by atoms with Crippen molar-refractivity contribution in [2.75, 3.05) is 11.4 Å². The van der Waals surface area contributed by atoms with Gasteiger partial charge in [-0.2, -0.15) is 5.10 Å². The molecular formula is C38H34ClFN4O7S. The highest BCUT2D eigenvalue weighted by Crippen LogP contribution is 2.64. The first-order chi connectivity index (χ1) is 24.7. The van der Waals surface area contributed by atoms with Gasteiger partial charge in [0.25, 0.3) is 0 Å². The van der Waals surface area contributed by atoms with E-state index in [1.54, 1.807) is 20.0 Å². The lowest BCUT2D eigenvalue weighted by atomic mass is 9.51. The lowest BCUT2D eigenvalue weighted by Gasteiger charge is -2.49. The number of imide groups is 2. The number of amides is 4. The Morgan fingerprint density at radius 2 is 1.87 bits per heavy atom. The highest BCUT2D eigenvalue weighted by molar-refractivity contribution is 7.22. The highest BCUT2D eigenvalue weighted by atomic mass is 35.5. The summed E-state index contributed by atoms with van der Waals surface area (Å²) in [5.41, 5.74) is 0.725. The fourth-order valence-electron chi connectivity index (χ4n) is 9.23. The number of aromatic hydroxyl groups is 1. The number of para-hydroxylation sites is 1. The van der Waals surface area contributed by atoms with Crippen molar-refractivity contribution in [3.63, 3.8) is 0 Å². The fourth-order valence-corrected chi connectivity index (χ4v) is 10.5. The molecule has 2 N–H and O–H groups in total. The van der Waals surface area contributed by atoms with Crippen LogP contribution in [0.15, 0.2) is 54.1 Å². The molecule has 4 aliphatic rings. The zero-order valence-electron chi connectivity index (χ0n) is 28.4. The van der Waals surface area contributed by atoms with Crippen LogP contribution in [0, 0.1) is 41.8 Å². The molecule has 52 heavy (non-hydrogen) atoms. The Bertz CT molecular complexity index is 2300. The Balaban J connectivity index is 1.22. The molecule has 4 amide bonds. The van der Waals surface area contributed by atoms with Crippen molar-refractivity contribution in [2.24, 2.45) is 36.1 Å². The topological polar surface area (TPSA) is 150 Å². The highest BCUT2D eigenvalue weighted by Gasteiger charge is 2.68. The average Bonchev–Trinajstić information content (AvgIpc) is 3.77. The van der Waals surface area contributed by atoms with Crippen LogP contribution < -0.4 is 4.90 Å². The second-order valence-electron chi connectivity index (χ2n) is 14.4. The summed E-state index contributed by atoms with van der Waals surface area (Å²) in [6.45, 7) is 3.57. The number of aryl methyl sites for hydroxylation is 2. The minimum absolute atomic E-state index is 0.0470. The number of allylic oxidation sites excluding steroid dienone is 2. The second kappa shape index (κ2) is 12.1. The Hall–Kier alpha value is -4.88. The van der Waals surface area contributed by atoms with E-state index in [2.05, 4.69) is 0 Å². The van der Waals surface area contributed by atoms with Crippen LogP contribution in [-0.2, 0) is 31.0 Å². The number of halogens is 2. The number of hydrogen-bond acceptors (Lipinski definition) is 8. The van der Waals surface area contributed by atoms with Gasteiger partial charge in [-0.05, 0) is 74.2 Å². The van der Waals surface area contributed by atoms with Crippen LogP contribution in [0.2, 0.25) is 5.02 Å². The first-order valence-corrected chi connectivity index (χ1v) is 18.3. The molecule has 0 spiro atoms. The number of fused-ring (bicyclic) bond motifs is 5. The monoisotopic (exact) mass is 744 g/mol. The van der Waals surface area contributed by atoms with E-state index in [1.165, 1.54) is 28.2 Å². The van der Waals surface area contributed by atoms with Gasteiger partial charge in [0.15, 0.2) is 11.6 Å². The molecule has 3 fully saturated rings. The van der Waals surface area contributed by atoms with Crippen LogP contribution in [0.1, 0.15) is 49.7 Å². The number of thiophene rings is 1. The molecule has 2 saturated heterocycles. The number of carboxylic acid groups (broad SMARTS) is 1. The van der Waals surface area contributed by atoms with E-state index >= 15 is 4.39 Å². The van der Waals surface area contributed by atoms with Crippen LogP contribution in [0.5, 0.6) is 5.75 Å². The number of hydrogen-bond donors (Lipinski definition) is 2. The third-order valence-electron chi connectivity index (χ3n) is 11.7. The number of likely N-dealkylation sites (tertiary alicyclic amines) is 1. The maximum Gasteiger partial charge on any atom is 0.303 e. The molecule has 8 rings (SSSR count). The predicted octanol–water partition coefficient (Wildman–Crippen LogP) is 6.20. The van der Waals surface area contributed by atoms with Crippen LogP contribution >= 0.6 is 22.9 Å². The first kappa shape index (κ1) is 34.2. The van der Waals surface area contributed by atoms with Gasteiger partial charge in [-0.3, -0.25) is 33.6 Å². The van der Waals surface area contributed by atoms with Crippen molar-refractivity contribution >= 4 is 68.4 Å². The normalized spacial score (nSPS) is 26.9. The molecule has 4 heterocycles. The maximum atomic E-state index is 15.0. The zero-order chi connectivity index (χ0) is 37.0. The van der Waals surface area contributed by atoms with E-state index in [1.807, 2.05) is 31.2 Å². The third-order valence-corrected chi connectivity index (χ3v) is 13.2. The summed E-state index contributed by atoms with van der Waals surface area (Å²) in [5.74, 6) is -8.50. The number of anilines is 1. The number of benzene rings is 2. The van der Waals surface area contributed by atoms with Crippen LogP contribution in [0.25, 0.3) is 20.7 Å². The van der Waals surface area contributed by atoms with Gasteiger partial charge in [-0.1, -0.05) is 35.4 Å². The van der Waals surface area contributed by atoms with E-state index in [0.29, 0.717) is 16.3 Å². The number of nitrogens with zero attached hydrogens (tertiary/aromatic N) is 4. The average molecular weight is 745 g/mol. The number of carboxylic acids is 1. The van der Waals surface area contributed by atoms with Crippen molar-refractivity contribution in [3.05, 3.63) is 76.1 Å². The van der Waals surface area contributed by atoms with E-state index in [0.717, 1.165) is 36.4 Å². The van der Waals surface area contributed by atoms with Gasteiger partial charge in [0.1, 0.15) is 11.5 Å². The number of phenolic OH excluding ortho intramolecular Hbond substituents is 1. The van der Waals surface area contributed by atoms with Gasteiger partial charge in [0.2, 0.25) is 23.6 Å². The number of carbonyl (C=O) groups excluding carboxylic acids is 4. The van der Waals surface area contributed by atoms with Gasteiger partial charge < -0.3 is 10.2 Å². The Kier molecular flexibility index (Phi) is 7.96. The summed E-state index contributed by atoms with van der Waals surface area (Å²) >= 11 is 7.79. The minimum atomic E-state index is -1.50. The summed E-state index contributed by atoms with van der Waals surface area (Å²) < 4.78 is 17.5. The molecule has 0 unspecified atom stereocenters. The fraction of sp³-hybridized carbons (Fsp3) is 0.368. The Morgan fingerprint density at radius 3 is 2.62 bits per heavy atom. The maximum absolute atomic E-state index is 15.0. The van der Waals surface area contributed by atoms with Gasteiger partial charge in [-0.15, -0.1) is 11.3 Å². The largest absolute Gasteiger partial charge is 0.505 e. The molecule has 2 aromatic carbocycles. The van der Waals surface area contributed by atoms with Crippen molar-refractivity contribution in [3.8, 4) is 16.3 Å². The second-order valence-corrected chi connectivity index (χ2v) is 15.9. The number of carbonyl (C=O) groups is 5. The Labute approximate surface area is 306 Å². The molecule has 2 aromatic heterocycles. The van der Waals surface area contributed by atoms with Crippen molar-refractivity contribution in [1.82, 2.24) is 14.7 Å². The van der Waals surface area contributed by atoms with E-state index in [4.69, 9.17) is 21.8 Å². The smallest absolute Gasteiger partial charge is 0.303 e. The summed E-state index contributed by atoms with van der Waals surface area (Å²) in [7, 11) is 1.65. The first-order valence-electron chi connectivity index (χ1n) is 17.1. The summed E-state index contributed by atoms with van der Waals surface area (Å²) in [4.78, 5) is 71.4. The molecule has 2 aliphatic heterocycles. The van der Waals surface area contributed by atoms with E-state index in [-0.39, 0.29) is 43.6 Å². The molecule has 0 radical (unpaired) electrons. The number of aliphatic carboxylic acids is 1. The standard InChI is InChI=1S/C38H34ClFN4O7S/c1-17-22-14-18(39)9-12-27(22)52-33(17)26-16-28(42(3)41-26)44-35(49)24-15-23-19(31(38(24,2)37(44)51)21-6-4-7-25(40)32(21)47)10-11-20-30(23)36(50)43(34(20)48)13-5-8-29(45)46/h4,6-7,9-10,12,14,16,20,23-24,30-31,47H,5,8,11,13,15H2,1-3H3,(H,45,46)/t20-,23+,24-,30-,31+,38+/m0/s1. The van der Waals surface area contributed by atoms with Crippen molar-refractivity contribution in [2.45, 2.75) is 45.4 Å². The van der Waals surface area contributed by atoms with E-state index < -0.39 is 76.2 Å². The molecule has 268 valence electrons. The van der Waals surface area contributed by atoms with Gasteiger partial charge in [0.05, 0.1) is 28.0 Å². The summed E-state index contributed by atoms with van der Waals surface area (Å²) in [6, 6.07) is 11.4. The number of rotatable bonds is 7. The molecule has 4 aromatic rings. The SMILES string of the molecule is Cc1c(-c2cc(N3C(=O)[C@@H]4C[C@@H]5C(=CC[C@@H]6C(=O)N(CCCC(=O)O)C(=O)[C@@H]65)[C@H](c5cccc(F)c5O)[C@]4(C)C3=O)n(C)n2)sc2ccc(Cl)cc12. The third kappa shape index (κ3) is 4.81. The molecule has 0 bridgehead atoms. The molecular weight excluding hydrogens is 711 g/mol. The molecule has 1 saturated carbocycles. The summed E-state index contributed by atoms with van der Waals surface area (Å²) in [6.07, 6.45) is 1.94. The number of aromatic nitrogens is 2. The lowest BCUT2D eigenvalue weighted by Crippen LogP contribution is -2.49. The molecule has 11 nitrogen and oxygen atoms in total. The quantitative estimate of drug-likeness (QED) is 0.168. The zero-order valence-corrected chi connectivity index (χ0v) is 30.0. The molecule has 6 atom stereocenters. The number of phenols is 1. The molecule has 14 heteroatoms. The van der Waals surface area contributed by atoms with Crippen LogP contribution in [0.4, 0.5) is 10.2 Å². The van der Waals surface area contributed by atoms with Crippen LogP contribution in [-0.4, -0.2) is 61.0 Å². The van der Waals surface area contributed by atoms with Crippen molar-refractivity contribution in [1.29, 1.82) is 0 Å². The summed E-state index contributed by atoms with van der Waals surface area (Å²) in [5, 5.41) is 26.6. The Morgan fingerprint density at radius 1 is 1.10 bits per heavy atom. The van der Waals surface area contributed by atoms with E-state index in [9.17, 15) is 29.1 Å². The minimum Gasteiger partial charge on any atom is -0.505 e.